The summed E-state index contributed by atoms with van der Waals surface area (Å²) >= 11 is 0. The van der Waals surface area contributed by atoms with Gasteiger partial charge in [-0.3, -0.25) is 4.99 Å². The first kappa shape index (κ1) is 9.08. The maximum atomic E-state index is 4.07. The van der Waals surface area contributed by atoms with E-state index in [2.05, 4.69) is 30.4 Å². The number of hydrogen-bond donors (Lipinski definition) is 0. The van der Waals surface area contributed by atoms with Crippen LogP contribution in [-0.4, -0.2) is 19.1 Å². The molecule has 0 aromatic rings. The molecular weight excluding hydrogens is 124 g/mol. The van der Waals surface area contributed by atoms with Crippen LogP contribution in [0.3, 0.4) is 0 Å². The lowest BCUT2D eigenvalue weighted by molar-refractivity contribution is 0.891. The molecule has 56 valence electrons. The molecule has 2 heteroatoms. The lowest BCUT2D eigenvalue weighted by Gasteiger charge is -2.00. The van der Waals surface area contributed by atoms with Crippen LogP contribution in [0.25, 0.3) is 0 Å². The van der Waals surface area contributed by atoms with E-state index >= 15 is 0 Å². The fourth-order valence-corrected chi connectivity index (χ4v) is 0.562. The predicted octanol–water partition coefficient (Wildman–Crippen LogP) is 1.93. The van der Waals surface area contributed by atoms with E-state index in [1.807, 2.05) is 0 Å². The van der Waals surface area contributed by atoms with E-state index in [1.165, 1.54) is 6.34 Å². The van der Waals surface area contributed by atoms with Crippen molar-refractivity contribution in [3.8, 4) is 0 Å². The van der Waals surface area contributed by atoms with Crippen LogP contribution in [0.2, 0.25) is 0 Å². The molecule has 0 aliphatic rings. The van der Waals surface area contributed by atoms with E-state index in [0.717, 1.165) is 5.71 Å². The van der Waals surface area contributed by atoms with E-state index in [-0.39, 0.29) is 0 Å². The quantitative estimate of drug-likeness (QED) is 0.420. The summed E-state index contributed by atoms with van der Waals surface area (Å²) in [6.45, 7) is 7.79. The van der Waals surface area contributed by atoms with Gasteiger partial charge < -0.3 is 0 Å². The molecule has 0 bridgehead atoms. The third kappa shape index (κ3) is 3.17. The van der Waals surface area contributed by atoms with Gasteiger partial charge in [0.05, 0.1) is 0 Å². The monoisotopic (exact) mass is 138 g/mol. The lowest BCUT2D eigenvalue weighted by Crippen LogP contribution is -2.02. The van der Waals surface area contributed by atoms with Gasteiger partial charge in [0.2, 0.25) is 0 Å². The van der Waals surface area contributed by atoms with Crippen molar-refractivity contribution < 1.29 is 0 Å². The minimum Gasteiger partial charge on any atom is -0.277 e. The van der Waals surface area contributed by atoms with Gasteiger partial charge >= 0.3 is 0 Å². The minimum absolute atomic E-state index is 0.426. The van der Waals surface area contributed by atoms with E-state index in [9.17, 15) is 0 Å². The van der Waals surface area contributed by atoms with Crippen molar-refractivity contribution in [3.63, 3.8) is 0 Å². The van der Waals surface area contributed by atoms with Crippen LogP contribution < -0.4 is 0 Å². The van der Waals surface area contributed by atoms with Crippen LogP contribution in [0.4, 0.5) is 0 Å². The second-order valence-corrected chi connectivity index (χ2v) is 2.29. The number of rotatable bonds is 3. The molecule has 0 atom stereocenters. The number of allylic oxidation sites excluding steroid dienone is 1. The average molecular weight is 138 g/mol. The topological polar surface area (TPSA) is 24.7 Å². The lowest BCUT2D eigenvalue weighted by atomic mass is 10.1. The van der Waals surface area contributed by atoms with Crippen LogP contribution in [0.15, 0.2) is 22.6 Å². The van der Waals surface area contributed by atoms with Crippen LogP contribution >= 0.6 is 0 Å². The summed E-state index contributed by atoms with van der Waals surface area (Å²) in [4.78, 5) is 7.81. The molecule has 0 aliphatic heterocycles. The summed E-state index contributed by atoms with van der Waals surface area (Å²) in [6, 6.07) is 0. The molecule has 0 aromatic heterocycles. The molecule has 0 spiro atoms. The Balaban J connectivity index is 4.18. The zero-order chi connectivity index (χ0) is 7.98. The first-order valence-electron chi connectivity index (χ1n) is 3.33. The van der Waals surface area contributed by atoms with Gasteiger partial charge in [0.25, 0.3) is 0 Å². The van der Waals surface area contributed by atoms with E-state index in [1.54, 1.807) is 13.1 Å². The summed E-state index contributed by atoms with van der Waals surface area (Å²) in [6.07, 6.45) is 3.30. The minimum atomic E-state index is 0.426. The summed E-state index contributed by atoms with van der Waals surface area (Å²) in [7, 11) is 1.70. The third-order valence-electron chi connectivity index (χ3n) is 1.12. The number of aliphatic imine (C=N–C) groups is 2. The highest BCUT2D eigenvalue weighted by atomic mass is 14.8. The summed E-state index contributed by atoms with van der Waals surface area (Å²) in [5.41, 5.74) is 0.977. The molecule has 0 radical (unpaired) electrons. The number of nitrogens with zero attached hydrogens (tertiary/aromatic N) is 2. The smallest absolute Gasteiger partial charge is 0.109 e. The van der Waals surface area contributed by atoms with Gasteiger partial charge in [0.1, 0.15) is 6.34 Å². The fourth-order valence-electron chi connectivity index (χ4n) is 0.562. The Hall–Kier alpha value is -0.920. The summed E-state index contributed by atoms with van der Waals surface area (Å²) in [5, 5.41) is 0. The van der Waals surface area contributed by atoms with Crippen molar-refractivity contribution >= 4 is 12.1 Å². The van der Waals surface area contributed by atoms with Gasteiger partial charge in [-0.05, 0) is 12.0 Å². The molecule has 2 nitrogen and oxygen atoms in total. The van der Waals surface area contributed by atoms with Crippen LogP contribution in [-0.2, 0) is 0 Å². The predicted molar refractivity (Wildman–Crippen MR) is 46.9 cm³/mol. The molecule has 0 amide bonds. The Kier molecular flexibility index (Phi) is 4.46. The molecule has 0 saturated heterocycles. The van der Waals surface area contributed by atoms with Gasteiger partial charge in [-0.15, -0.1) is 0 Å². The largest absolute Gasteiger partial charge is 0.277 e. The fraction of sp³-hybridized carbons (Fsp3) is 0.500. The van der Waals surface area contributed by atoms with Crippen molar-refractivity contribution in [1.29, 1.82) is 0 Å². The second-order valence-electron chi connectivity index (χ2n) is 2.29. The molecule has 0 fully saturated rings. The van der Waals surface area contributed by atoms with Crippen molar-refractivity contribution in [2.24, 2.45) is 15.9 Å². The molecular formula is C8H14N2. The molecule has 0 N–H and O–H groups in total. The van der Waals surface area contributed by atoms with E-state index in [0.29, 0.717) is 5.92 Å². The maximum Gasteiger partial charge on any atom is 0.109 e. The third-order valence-corrected chi connectivity index (χ3v) is 1.12. The summed E-state index contributed by atoms with van der Waals surface area (Å²) < 4.78 is 0. The Bertz CT molecular complexity index is 155. The van der Waals surface area contributed by atoms with Gasteiger partial charge in [0.15, 0.2) is 0 Å². The zero-order valence-electron chi connectivity index (χ0n) is 6.83. The maximum absolute atomic E-state index is 4.07. The normalized spacial score (nSPS) is 13.0. The highest BCUT2D eigenvalue weighted by Gasteiger charge is 1.96. The molecule has 0 heterocycles. The van der Waals surface area contributed by atoms with Crippen molar-refractivity contribution in [3.05, 3.63) is 12.7 Å². The second kappa shape index (κ2) is 4.91. The van der Waals surface area contributed by atoms with Crippen LogP contribution in [0.1, 0.15) is 13.8 Å². The number of hydrogen-bond acceptors (Lipinski definition) is 1. The van der Waals surface area contributed by atoms with Crippen molar-refractivity contribution in [1.82, 2.24) is 0 Å². The Morgan fingerprint density at radius 2 is 2.10 bits per heavy atom. The Labute approximate surface area is 62.4 Å². The molecule has 0 aliphatic carbocycles. The zero-order valence-corrected chi connectivity index (χ0v) is 6.83. The molecule has 10 heavy (non-hydrogen) atoms. The first-order valence-corrected chi connectivity index (χ1v) is 3.33. The van der Waals surface area contributed by atoms with Crippen molar-refractivity contribution in [2.45, 2.75) is 13.8 Å². The highest BCUT2D eigenvalue weighted by molar-refractivity contribution is 6.00. The molecule has 0 unspecified atom stereocenters. The van der Waals surface area contributed by atoms with Crippen LogP contribution in [0, 0.1) is 5.92 Å². The van der Waals surface area contributed by atoms with Crippen molar-refractivity contribution in [2.75, 3.05) is 7.05 Å². The summed E-state index contributed by atoms with van der Waals surface area (Å²) in [5.74, 6) is 0.426. The van der Waals surface area contributed by atoms with Crippen LogP contribution in [0.5, 0.6) is 0 Å². The average Bonchev–Trinajstić information content (AvgIpc) is 1.89. The van der Waals surface area contributed by atoms with E-state index < -0.39 is 0 Å². The van der Waals surface area contributed by atoms with Gasteiger partial charge in [-0.1, -0.05) is 20.4 Å². The Morgan fingerprint density at radius 3 is 2.40 bits per heavy atom. The first-order chi connectivity index (χ1) is 4.72. The van der Waals surface area contributed by atoms with Gasteiger partial charge in [-0.2, -0.15) is 0 Å². The standard InChI is InChI=1S/C8H14N2/c1-5-8(7(2)3)10-6-9-4/h5-7H,1H2,2-4H3. The molecule has 0 rings (SSSR count). The SMILES string of the molecule is C=CC(=NC=NC)C(C)C. The Morgan fingerprint density at radius 1 is 1.50 bits per heavy atom. The highest BCUT2D eigenvalue weighted by Crippen LogP contribution is 1.96. The van der Waals surface area contributed by atoms with Gasteiger partial charge in [0, 0.05) is 12.8 Å². The molecule has 0 aromatic carbocycles. The van der Waals surface area contributed by atoms with Gasteiger partial charge in [-0.25, -0.2) is 4.99 Å². The molecule has 0 saturated carbocycles. The van der Waals surface area contributed by atoms with E-state index in [4.69, 9.17) is 0 Å².